The Labute approximate surface area is 155 Å². The monoisotopic (exact) mass is 391 g/mol. The molecule has 2 aromatic carbocycles. The molecular formula is C18H17NO7S. The second-order valence-corrected chi connectivity index (χ2v) is 7.86. The first-order valence-electron chi connectivity index (χ1n) is 8.09. The summed E-state index contributed by atoms with van der Waals surface area (Å²) in [5.74, 6) is -2.49. The third kappa shape index (κ3) is 3.85. The highest BCUT2D eigenvalue weighted by Gasteiger charge is 2.28. The number of carboxylic acid groups (broad SMARTS) is 2. The first-order chi connectivity index (χ1) is 12.8. The van der Waals surface area contributed by atoms with Gasteiger partial charge in [-0.25, -0.2) is 18.0 Å². The third-order valence-corrected chi connectivity index (χ3v) is 6.11. The fraction of sp³-hybridized carbons (Fsp3) is 0.222. The van der Waals surface area contributed by atoms with E-state index in [1.165, 1.54) is 28.6 Å². The maximum atomic E-state index is 12.9. The average Bonchev–Trinajstić information content (AvgIpc) is 2.68. The molecule has 0 saturated carbocycles. The fourth-order valence-electron chi connectivity index (χ4n) is 2.88. The van der Waals surface area contributed by atoms with Crippen molar-refractivity contribution < 1.29 is 33.0 Å². The second-order valence-electron chi connectivity index (χ2n) is 5.92. The second kappa shape index (κ2) is 7.47. The molecule has 0 amide bonds. The molecule has 1 aliphatic rings. The SMILES string of the molecule is O=C(O)c1cc(-c2ccccc2C(=O)O)cc(S(=O)(=O)N2CCOCC2)c1. The van der Waals surface area contributed by atoms with E-state index in [4.69, 9.17) is 4.74 Å². The van der Waals surface area contributed by atoms with Crippen molar-refractivity contribution in [1.82, 2.24) is 4.31 Å². The molecule has 0 atom stereocenters. The summed E-state index contributed by atoms with van der Waals surface area (Å²) in [7, 11) is -3.94. The highest BCUT2D eigenvalue weighted by Crippen LogP contribution is 2.29. The smallest absolute Gasteiger partial charge is 0.336 e. The van der Waals surface area contributed by atoms with E-state index in [0.717, 1.165) is 6.07 Å². The van der Waals surface area contributed by atoms with Gasteiger partial charge in [0.05, 0.1) is 29.2 Å². The highest BCUT2D eigenvalue weighted by atomic mass is 32.2. The van der Waals surface area contributed by atoms with Crippen LogP contribution in [0.2, 0.25) is 0 Å². The predicted octanol–water partition coefficient (Wildman–Crippen LogP) is 1.77. The van der Waals surface area contributed by atoms with Gasteiger partial charge >= 0.3 is 11.9 Å². The summed E-state index contributed by atoms with van der Waals surface area (Å²) in [5.41, 5.74) is 0.167. The molecular weight excluding hydrogens is 374 g/mol. The van der Waals surface area contributed by atoms with Crippen LogP contribution >= 0.6 is 0 Å². The molecule has 0 aliphatic carbocycles. The van der Waals surface area contributed by atoms with E-state index in [1.807, 2.05) is 0 Å². The first kappa shape index (κ1) is 19.0. The van der Waals surface area contributed by atoms with Crippen molar-refractivity contribution >= 4 is 22.0 Å². The van der Waals surface area contributed by atoms with Crippen molar-refractivity contribution in [3.05, 3.63) is 53.6 Å². The minimum atomic E-state index is -3.94. The lowest BCUT2D eigenvalue weighted by Gasteiger charge is -2.26. The summed E-state index contributed by atoms with van der Waals surface area (Å²) in [6, 6.07) is 9.68. The zero-order valence-electron chi connectivity index (χ0n) is 14.2. The summed E-state index contributed by atoms with van der Waals surface area (Å²) >= 11 is 0. The van der Waals surface area contributed by atoms with E-state index in [9.17, 15) is 28.2 Å². The van der Waals surface area contributed by atoms with E-state index in [0.29, 0.717) is 0 Å². The molecule has 3 rings (SSSR count). The maximum absolute atomic E-state index is 12.9. The van der Waals surface area contributed by atoms with Gasteiger partial charge in [-0.05, 0) is 35.4 Å². The summed E-state index contributed by atoms with van der Waals surface area (Å²) in [6.45, 7) is 0.848. The molecule has 8 nitrogen and oxygen atoms in total. The van der Waals surface area contributed by atoms with Crippen LogP contribution in [0.25, 0.3) is 11.1 Å². The van der Waals surface area contributed by atoms with Gasteiger partial charge in [0.25, 0.3) is 0 Å². The number of morpholine rings is 1. The topological polar surface area (TPSA) is 121 Å². The van der Waals surface area contributed by atoms with Crippen molar-refractivity contribution in [2.75, 3.05) is 26.3 Å². The number of benzene rings is 2. The van der Waals surface area contributed by atoms with Crippen LogP contribution in [-0.2, 0) is 14.8 Å². The Hall–Kier alpha value is -2.75. The number of hydrogen-bond donors (Lipinski definition) is 2. The summed E-state index contributed by atoms with van der Waals surface area (Å²) in [4.78, 5) is 22.8. The summed E-state index contributed by atoms with van der Waals surface area (Å²) in [6.07, 6.45) is 0. The van der Waals surface area contributed by atoms with Gasteiger partial charge < -0.3 is 14.9 Å². The number of carboxylic acids is 2. The van der Waals surface area contributed by atoms with Gasteiger partial charge in [0.1, 0.15) is 0 Å². The number of nitrogens with zero attached hydrogens (tertiary/aromatic N) is 1. The van der Waals surface area contributed by atoms with Crippen molar-refractivity contribution in [2.24, 2.45) is 0 Å². The van der Waals surface area contributed by atoms with Gasteiger partial charge in [-0.15, -0.1) is 0 Å². The van der Waals surface area contributed by atoms with Crippen LogP contribution in [0, 0.1) is 0 Å². The number of aromatic carboxylic acids is 2. The number of carbonyl (C=O) groups is 2. The van der Waals surface area contributed by atoms with Crippen LogP contribution in [-0.4, -0.2) is 61.2 Å². The van der Waals surface area contributed by atoms with Crippen LogP contribution in [0.15, 0.2) is 47.4 Å². The lowest BCUT2D eigenvalue weighted by atomic mass is 9.98. The Bertz CT molecular complexity index is 995. The van der Waals surface area contributed by atoms with Gasteiger partial charge in [-0.3, -0.25) is 0 Å². The van der Waals surface area contributed by atoms with Gasteiger partial charge in [0.2, 0.25) is 10.0 Å². The molecule has 2 aromatic rings. The van der Waals surface area contributed by atoms with Gasteiger partial charge in [0, 0.05) is 13.1 Å². The Morgan fingerprint density at radius 2 is 1.63 bits per heavy atom. The van der Waals surface area contributed by atoms with Crippen molar-refractivity contribution in [1.29, 1.82) is 0 Å². The van der Waals surface area contributed by atoms with E-state index in [1.54, 1.807) is 12.1 Å². The molecule has 1 saturated heterocycles. The maximum Gasteiger partial charge on any atom is 0.336 e. The molecule has 0 unspecified atom stereocenters. The lowest BCUT2D eigenvalue weighted by molar-refractivity contribution is 0.0687. The molecule has 9 heteroatoms. The third-order valence-electron chi connectivity index (χ3n) is 4.23. The summed E-state index contributed by atoms with van der Waals surface area (Å²) < 4.78 is 32.2. The lowest BCUT2D eigenvalue weighted by Crippen LogP contribution is -2.40. The van der Waals surface area contributed by atoms with Crippen LogP contribution in [0.4, 0.5) is 0 Å². The predicted molar refractivity (Wildman–Crippen MR) is 95.4 cm³/mol. The Balaban J connectivity index is 2.18. The Morgan fingerprint density at radius 1 is 0.963 bits per heavy atom. The van der Waals surface area contributed by atoms with Crippen LogP contribution < -0.4 is 0 Å². The van der Waals surface area contributed by atoms with E-state index in [2.05, 4.69) is 0 Å². The largest absolute Gasteiger partial charge is 0.478 e. The number of hydrogen-bond acceptors (Lipinski definition) is 5. The normalized spacial score (nSPS) is 15.4. The molecule has 0 radical (unpaired) electrons. The van der Waals surface area contributed by atoms with E-state index < -0.39 is 22.0 Å². The van der Waals surface area contributed by atoms with Crippen molar-refractivity contribution in [2.45, 2.75) is 4.90 Å². The van der Waals surface area contributed by atoms with E-state index >= 15 is 0 Å². The molecule has 1 fully saturated rings. The van der Waals surface area contributed by atoms with Crippen LogP contribution in [0.5, 0.6) is 0 Å². The summed E-state index contributed by atoms with van der Waals surface area (Å²) in [5, 5.41) is 18.8. The molecule has 1 heterocycles. The quantitative estimate of drug-likeness (QED) is 0.797. The Morgan fingerprint density at radius 3 is 2.26 bits per heavy atom. The molecule has 0 aromatic heterocycles. The molecule has 2 N–H and O–H groups in total. The zero-order chi connectivity index (χ0) is 19.6. The minimum absolute atomic E-state index is 0.0465. The number of ether oxygens (including phenoxy) is 1. The highest BCUT2D eigenvalue weighted by molar-refractivity contribution is 7.89. The van der Waals surface area contributed by atoms with E-state index in [-0.39, 0.29) is 53.5 Å². The standard InChI is InChI=1S/C18H17NO7S/c20-17(21)13-9-12(15-3-1-2-4-16(15)18(22)23)10-14(11-13)27(24,25)19-5-7-26-8-6-19/h1-4,9-11H,5-8H2,(H,20,21)(H,22,23). The van der Waals surface area contributed by atoms with Crippen molar-refractivity contribution in [3.63, 3.8) is 0 Å². The average molecular weight is 391 g/mol. The van der Waals surface area contributed by atoms with Gasteiger partial charge in [-0.2, -0.15) is 4.31 Å². The number of rotatable bonds is 5. The zero-order valence-corrected chi connectivity index (χ0v) is 15.0. The number of sulfonamides is 1. The van der Waals surface area contributed by atoms with Crippen LogP contribution in [0.1, 0.15) is 20.7 Å². The molecule has 142 valence electrons. The van der Waals surface area contributed by atoms with Crippen LogP contribution in [0.3, 0.4) is 0 Å². The molecule has 1 aliphatic heterocycles. The first-order valence-corrected chi connectivity index (χ1v) is 9.53. The van der Waals surface area contributed by atoms with Gasteiger partial charge in [0.15, 0.2) is 0 Å². The fourth-order valence-corrected chi connectivity index (χ4v) is 4.36. The van der Waals surface area contributed by atoms with Crippen molar-refractivity contribution in [3.8, 4) is 11.1 Å². The molecule has 0 spiro atoms. The molecule has 0 bridgehead atoms. The minimum Gasteiger partial charge on any atom is -0.478 e. The van der Waals surface area contributed by atoms with Gasteiger partial charge in [-0.1, -0.05) is 18.2 Å². The Kier molecular flexibility index (Phi) is 5.26. The molecule has 27 heavy (non-hydrogen) atoms.